The van der Waals surface area contributed by atoms with Crippen molar-refractivity contribution in [1.82, 2.24) is 0 Å². The van der Waals surface area contributed by atoms with Gasteiger partial charge in [0.25, 0.3) is 0 Å². The molecule has 0 saturated heterocycles. The smallest absolute Gasteiger partial charge is 0.258 e. The van der Waals surface area contributed by atoms with Crippen LogP contribution in [0.25, 0.3) is 0 Å². The first-order valence-electron chi connectivity index (χ1n) is 5.87. The minimum atomic E-state index is -0.766. The Balaban J connectivity index is 2.59. The van der Waals surface area contributed by atoms with Gasteiger partial charge in [0.2, 0.25) is 0 Å². The molecular formula is C12H2Cl6N2O4S. The number of hydrogen-bond donors (Lipinski definition) is 0. The zero-order chi connectivity index (χ0) is 19.0. The predicted molar refractivity (Wildman–Crippen MR) is 100 cm³/mol. The van der Waals surface area contributed by atoms with Crippen LogP contribution in [-0.4, -0.2) is 9.85 Å². The summed E-state index contributed by atoms with van der Waals surface area (Å²) >= 11 is 36.5. The second-order valence-corrected chi connectivity index (χ2v) is 7.69. The molecule has 2 rings (SSSR count). The Hall–Kier alpha value is -0.670. The van der Waals surface area contributed by atoms with Crippen LogP contribution in [0.1, 0.15) is 0 Å². The SMILES string of the molecule is O=[N+]([O-])c1c(Cl)cc(Sc2cc(Cl)c([N+](=O)[O-])c(Cl)c2Cl)c(Cl)c1Cl. The molecule has 2 aromatic rings. The van der Waals surface area contributed by atoms with Gasteiger partial charge in [-0.15, -0.1) is 0 Å². The predicted octanol–water partition coefficient (Wildman–Crippen LogP) is 7.57. The third-order valence-electron chi connectivity index (χ3n) is 2.79. The third kappa shape index (κ3) is 4.03. The van der Waals surface area contributed by atoms with Crippen LogP contribution in [0.4, 0.5) is 11.4 Å². The highest BCUT2D eigenvalue weighted by molar-refractivity contribution is 7.99. The molecule has 0 radical (unpaired) electrons. The summed E-state index contributed by atoms with van der Waals surface area (Å²) in [5, 5.41) is 20.5. The molecule has 6 nitrogen and oxygen atoms in total. The quantitative estimate of drug-likeness (QED) is 0.254. The lowest BCUT2D eigenvalue weighted by Crippen LogP contribution is -1.94. The second-order valence-electron chi connectivity index (χ2n) is 4.28. The van der Waals surface area contributed by atoms with E-state index in [2.05, 4.69) is 0 Å². The topological polar surface area (TPSA) is 86.3 Å². The first-order chi connectivity index (χ1) is 11.6. The molecule has 13 heteroatoms. The average molecular weight is 483 g/mol. The highest BCUT2D eigenvalue weighted by atomic mass is 35.5. The third-order valence-corrected chi connectivity index (χ3v) is 6.39. The lowest BCUT2D eigenvalue weighted by molar-refractivity contribution is -0.384. The highest BCUT2D eigenvalue weighted by Gasteiger charge is 2.27. The maximum absolute atomic E-state index is 11.0. The molecule has 0 amide bonds. The van der Waals surface area contributed by atoms with Crippen molar-refractivity contribution in [2.45, 2.75) is 9.79 Å². The fourth-order valence-electron chi connectivity index (χ4n) is 1.73. The van der Waals surface area contributed by atoms with Gasteiger partial charge in [-0.2, -0.15) is 0 Å². The molecule has 0 spiro atoms. The van der Waals surface area contributed by atoms with Crippen molar-refractivity contribution in [3.63, 3.8) is 0 Å². The molecule has 2 aromatic carbocycles. The van der Waals surface area contributed by atoms with Gasteiger partial charge in [-0.3, -0.25) is 20.2 Å². The van der Waals surface area contributed by atoms with Gasteiger partial charge in [-0.05, 0) is 12.1 Å². The van der Waals surface area contributed by atoms with Crippen LogP contribution in [0.3, 0.4) is 0 Å². The number of nitrogens with zero attached hydrogens (tertiary/aromatic N) is 2. The molecule has 0 aliphatic carbocycles. The van der Waals surface area contributed by atoms with E-state index in [1.807, 2.05) is 0 Å². The molecule has 0 aromatic heterocycles. The van der Waals surface area contributed by atoms with Crippen molar-refractivity contribution in [2.75, 3.05) is 0 Å². The van der Waals surface area contributed by atoms with E-state index in [1.54, 1.807) is 0 Å². The summed E-state index contributed by atoms with van der Waals surface area (Å²) in [6, 6.07) is 2.44. The van der Waals surface area contributed by atoms with Crippen molar-refractivity contribution in [3.05, 3.63) is 62.5 Å². The normalized spacial score (nSPS) is 10.8. The number of rotatable bonds is 4. The van der Waals surface area contributed by atoms with E-state index in [0.717, 1.165) is 11.8 Å². The molecule has 0 heterocycles. The molecule has 0 unspecified atom stereocenters. The van der Waals surface area contributed by atoms with Crippen molar-refractivity contribution in [2.24, 2.45) is 0 Å². The van der Waals surface area contributed by atoms with Crippen molar-refractivity contribution >= 4 is 92.7 Å². The van der Waals surface area contributed by atoms with Crippen LogP contribution < -0.4 is 0 Å². The molecule has 0 N–H and O–H groups in total. The minimum absolute atomic E-state index is 0.135. The van der Waals surface area contributed by atoms with Gasteiger partial charge in [0.15, 0.2) is 0 Å². The van der Waals surface area contributed by atoms with E-state index < -0.39 is 21.2 Å². The summed E-state index contributed by atoms with van der Waals surface area (Å²) in [5.74, 6) is 0. The number of nitro benzene ring substituents is 2. The fraction of sp³-hybridized carbons (Fsp3) is 0. The first kappa shape index (κ1) is 20.6. The van der Waals surface area contributed by atoms with E-state index in [1.165, 1.54) is 12.1 Å². The molecule has 25 heavy (non-hydrogen) atoms. The fourth-order valence-corrected chi connectivity index (χ4v) is 4.65. The number of halogens is 6. The Morgan fingerprint density at radius 3 is 1.28 bits per heavy atom. The maximum Gasteiger partial charge on any atom is 0.307 e. The van der Waals surface area contributed by atoms with E-state index >= 15 is 0 Å². The summed E-state index contributed by atoms with van der Waals surface area (Å²) in [5.41, 5.74) is -1.08. The van der Waals surface area contributed by atoms with Gasteiger partial charge in [0.1, 0.15) is 20.1 Å². The molecular weight excluding hydrogens is 481 g/mol. The van der Waals surface area contributed by atoms with Crippen LogP contribution in [0.5, 0.6) is 0 Å². The van der Waals surface area contributed by atoms with E-state index in [-0.39, 0.29) is 39.9 Å². The second kappa shape index (κ2) is 7.92. The van der Waals surface area contributed by atoms with Crippen molar-refractivity contribution in [1.29, 1.82) is 0 Å². The van der Waals surface area contributed by atoms with Gasteiger partial charge in [0, 0.05) is 9.79 Å². The zero-order valence-corrected chi connectivity index (χ0v) is 16.7. The summed E-state index contributed by atoms with van der Waals surface area (Å²) in [4.78, 5) is 20.8. The largest absolute Gasteiger partial charge is 0.307 e. The standard InChI is InChI=1S/C12H2Cl6N2O4S/c13-3-1-5(7(15)9(17)11(3)19(21)22)25-6-2-4(14)12(20(23)24)10(18)8(6)16/h1-2H. The lowest BCUT2D eigenvalue weighted by Gasteiger charge is -2.10. The average Bonchev–Trinajstić information content (AvgIpc) is 2.48. The Labute approximate surface area is 174 Å². The number of hydrogen-bond acceptors (Lipinski definition) is 5. The Bertz CT molecular complexity index is 850. The van der Waals surface area contributed by atoms with Gasteiger partial charge >= 0.3 is 11.4 Å². The summed E-state index contributed by atoms with van der Waals surface area (Å²) < 4.78 is 0. The zero-order valence-electron chi connectivity index (χ0n) is 11.4. The molecule has 0 atom stereocenters. The van der Waals surface area contributed by atoms with Crippen molar-refractivity contribution < 1.29 is 9.85 Å². The molecule has 0 aliphatic heterocycles. The molecule has 0 fully saturated rings. The van der Waals surface area contributed by atoms with Crippen LogP contribution in [0.15, 0.2) is 21.9 Å². The Kier molecular flexibility index (Phi) is 6.54. The van der Waals surface area contributed by atoms with Crippen LogP contribution in [0.2, 0.25) is 30.1 Å². The lowest BCUT2D eigenvalue weighted by atomic mass is 10.3. The maximum atomic E-state index is 11.0. The molecule has 132 valence electrons. The van der Waals surface area contributed by atoms with E-state index in [0.29, 0.717) is 0 Å². The summed E-state index contributed by atoms with van der Waals surface area (Å²) in [7, 11) is 0. The van der Waals surface area contributed by atoms with Crippen molar-refractivity contribution in [3.8, 4) is 0 Å². The molecule has 0 saturated carbocycles. The molecule has 0 aliphatic rings. The van der Waals surface area contributed by atoms with Crippen LogP contribution >= 0.6 is 81.4 Å². The summed E-state index contributed by atoms with van der Waals surface area (Å²) in [6.07, 6.45) is 0. The number of nitro groups is 2. The van der Waals surface area contributed by atoms with Gasteiger partial charge in [0.05, 0.1) is 19.9 Å². The molecule has 0 bridgehead atoms. The minimum Gasteiger partial charge on any atom is -0.258 e. The van der Waals surface area contributed by atoms with E-state index in [9.17, 15) is 20.2 Å². The Morgan fingerprint density at radius 2 is 1.00 bits per heavy atom. The Morgan fingerprint density at radius 1 is 0.680 bits per heavy atom. The van der Waals surface area contributed by atoms with Gasteiger partial charge < -0.3 is 0 Å². The van der Waals surface area contributed by atoms with Gasteiger partial charge in [-0.25, -0.2) is 0 Å². The number of benzene rings is 2. The monoisotopic (exact) mass is 480 g/mol. The van der Waals surface area contributed by atoms with Gasteiger partial charge in [-0.1, -0.05) is 81.4 Å². The highest BCUT2D eigenvalue weighted by Crippen LogP contribution is 2.49. The van der Waals surface area contributed by atoms with Crippen LogP contribution in [-0.2, 0) is 0 Å². The first-order valence-corrected chi connectivity index (χ1v) is 8.96. The van der Waals surface area contributed by atoms with Crippen LogP contribution in [0, 0.1) is 20.2 Å². The van der Waals surface area contributed by atoms with E-state index in [4.69, 9.17) is 69.6 Å². The summed E-state index contributed by atoms with van der Waals surface area (Å²) in [6.45, 7) is 0.